The average Bonchev–Trinajstić information content (AvgIpc) is 2.50. The lowest BCUT2D eigenvalue weighted by atomic mass is 9.98. The van der Waals surface area contributed by atoms with E-state index in [0.717, 1.165) is 5.39 Å². The Bertz CT molecular complexity index is 664. The number of aromatic nitrogens is 1. The number of rotatable bonds is 5. The van der Waals surface area contributed by atoms with Gasteiger partial charge in [0.05, 0.1) is 11.1 Å². The van der Waals surface area contributed by atoms with Crippen molar-refractivity contribution in [1.82, 2.24) is 10.3 Å². The number of carbonyl (C=O) groups excluding carboxylic acids is 1. The van der Waals surface area contributed by atoms with E-state index in [-0.39, 0.29) is 5.92 Å². The first kappa shape index (κ1) is 15.0. The maximum Gasteiger partial charge on any atom is 0.326 e. The lowest BCUT2D eigenvalue weighted by Gasteiger charge is -2.20. The maximum absolute atomic E-state index is 12.4. The number of pyridine rings is 1. The van der Waals surface area contributed by atoms with Gasteiger partial charge in [-0.1, -0.05) is 38.5 Å². The van der Waals surface area contributed by atoms with Gasteiger partial charge in [-0.05, 0) is 18.1 Å². The number of hydrogen-bond acceptors (Lipinski definition) is 3. The molecule has 1 aromatic carbocycles. The zero-order valence-corrected chi connectivity index (χ0v) is 12.0. The molecule has 1 amide bonds. The molecule has 5 nitrogen and oxygen atoms in total. The highest BCUT2D eigenvalue weighted by Gasteiger charge is 2.26. The summed E-state index contributed by atoms with van der Waals surface area (Å²) in [6.07, 6.45) is 2.29. The van der Waals surface area contributed by atoms with Crippen molar-refractivity contribution in [2.24, 2.45) is 5.92 Å². The van der Waals surface area contributed by atoms with E-state index in [1.807, 2.05) is 19.1 Å². The Hall–Kier alpha value is -2.43. The van der Waals surface area contributed by atoms with Crippen molar-refractivity contribution in [3.05, 3.63) is 42.1 Å². The Morgan fingerprint density at radius 3 is 2.67 bits per heavy atom. The largest absolute Gasteiger partial charge is 0.480 e. The summed E-state index contributed by atoms with van der Waals surface area (Å²) in [6, 6.07) is 8.04. The number of nitrogens with one attached hydrogen (secondary N) is 1. The normalized spacial score (nSPS) is 13.6. The summed E-state index contributed by atoms with van der Waals surface area (Å²) in [6.45, 7) is 3.70. The van der Waals surface area contributed by atoms with Gasteiger partial charge in [-0.2, -0.15) is 0 Å². The smallest absolute Gasteiger partial charge is 0.326 e. The van der Waals surface area contributed by atoms with Crippen LogP contribution in [0.5, 0.6) is 0 Å². The minimum Gasteiger partial charge on any atom is -0.480 e. The monoisotopic (exact) mass is 286 g/mol. The van der Waals surface area contributed by atoms with Crippen molar-refractivity contribution in [3.63, 3.8) is 0 Å². The van der Waals surface area contributed by atoms with E-state index in [9.17, 15) is 14.7 Å². The summed E-state index contributed by atoms with van der Waals surface area (Å²) in [7, 11) is 0. The number of hydrogen-bond donors (Lipinski definition) is 2. The number of fused-ring (bicyclic) bond motifs is 1. The fourth-order valence-electron chi connectivity index (χ4n) is 2.19. The first-order chi connectivity index (χ1) is 10.0. The number of para-hydroxylation sites is 1. The standard InChI is InChI=1S/C16H18N2O3/c1-3-10(2)13(16(20)21)18-15(19)12-8-4-6-11-7-5-9-17-14(11)12/h4-10,13H,3H2,1-2H3,(H,18,19)(H,20,21)/t10-,13+/m0/s1. The van der Waals surface area contributed by atoms with Crippen LogP contribution in [0.3, 0.4) is 0 Å². The Balaban J connectivity index is 2.32. The van der Waals surface area contributed by atoms with E-state index in [1.54, 1.807) is 31.3 Å². The van der Waals surface area contributed by atoms with Gasteiger partial charge >= 0.3 is 5.97 Å². The molecule has 2 rings (SSSR count). The molecule has 0 unspecified atom stereocenters. The van der Waals surface area contributed by atoms with Gasteiger partial charge in [-0.15, -0.1) is 0 Å². The van der Waals surface area contributed by atoms with Crippen LogP contribution < -0.4 is 5.32 Å². The minimum atomic E-state index is -1.02. The van der Waals surface area contributed by atoms with Crippen LogP contribution >= 0.6 is 0 Å². The molecular weight excluding hydrogens is 268 g/mol. The molecule has 5 heteroatoms. The number of nitrogens with zero attached hydrogens (tertiary/aromatic N) is 1. The first-order valence-electron chi connectivity index (χ1n) is 6.92. The zero-order chi connectivity index (χ0) is 15.4. The fraction of sp³-hybridized carbons (Fsp3) is 0.312. The van der Waals surface area contributed by atoms with Crippen LogP contribution in [0.2, 0.25) is 0 Å². The quantitative estimate of drug-likeness (QED) is 0.885. The van der Waals surface area contributed by atoms with Gasteiger partial charge in [0.1, 0.15) is 6.04 Å². The number of benzene rings is 1. The summed E-state index contributed by atoms with van der Waals surface area (Å²) in [5.74, 6) is -1.58. The van der Waals surface area contributed by atoms with E-state index in [4.69, 9.17) is 0 Å². The van der Waals surface area contributed by atoms with Crippen LogP contribution in [0, 0.1) is 5.92 Å². The van der Waals surface area contributed by atoms with Crippen LogP contribution in [0.25, 0.3) is 10.9 Å². The Kier molecular flexibility index (Phi) is 4.52. The number of carboxylic acids is 1. The minimum absolute atomic E-state index is 0.144. The third-order valence-corrected chi connectivity index (χ3v) is 3.64. The van der Waals surface area contributed by atoms with Crippen LogP contribution in [-0.2, 0) is 4.79 Å². The summed E-state index contributed by atoms with van der Waals surface area (Å²) >= 11 is 0. The molecule has 1 heterocycles. The van der Waals surface area contributed by atoms with Crippen molar-refractivity contribution < 1.29 is 14.7 Å². The summed E-state index contributed by atoms with van der Waals surface area (Å²) in [4.78, 5) is 27.9. The Labute approximate surface area is 123 Å². The van der Waals surface area contributed by atoms with Gasteiger partial charge < -0.3 is 10.4 Å². The number of carboxylic acid groups (broad SMARTS) is 1. The third-order valence-electron chi connectivity index (χ3n) is 3.64. The third kappa shape index (κ3) is 3.18. The van der Waals surface area contributed by atoms with Gasteiger partial charge in [0, 0.05) is 11.6 Å². The fourth-order valence-corrected chi connectivity index (χ4v) is 2.19. The molecular formula is C16H18N2O3. The molecule has 2 atom stereocenters. The van der Waals surface area contributed by atoms with Gasteiger partial charge in [0.25, 0.3) is 5.91 Å². The predicted octanol–water partition coefficient (Wildman–Crippen LogP) is 2.46. The van der Waals surface area contributed by atoms with Crippen molar-refractivity contribution in [1.29, 1.82) is 0 Å². The highest BCUT2D eigenvalue weighted by molar-refractivity contribution is 6.06. The first-order valence-corrected chi connectivity index (χ1v) is 6.92. The van der Waals surface area contributed by atoms with Gasteiger partial charge in [-0.3, -0.25) is 9.78 Å². The van der Waals surface area contributed by atoms with Gasteiger partial charge in [0.15, 0.2) is 0 Å². The Morgan fingerprint density at radius 2 is 2.00 bits per heavy atom. The second kappa shape index (κ2) is 6.35. The molecule has 0 aliphatic carbocycles. The van der Waals surface area contributed by atoms with Crippen molar-refractivity contribution >= 4 is 22.8 Å². The molecule has 0 aliphatic rings. The summed E-state index contributed by atoms with van der Waals surface area (Å²) < 4.78 is 0. The van der Waals surface area contributed by atoms with E-state index in [1.165, 1.54) is 0 Å². The van der Waals surface area contributed by atoms with Crippen LogP contribution in [-0.4, -0.2) is 28.0 Å². The molecule has 21 heavy (non-hydrogen) atoms. The number of amides is 1. The molecule has 0 saturated heterocycles. The molecule has 1 aromatic heterocycles. The lowest BCUT2D eigenvalue weighted by molar-refractivity contribution is -0.140. The van der Waals surface area contributed by atoms with Crippen molar-refractivity contribution in [2.75, 3.05) is 0 Å². The molecule has 0 radical (unpaired) electrons. The number of aliphatic carboxylic acids is 1. The van der Waals surface area contributed by atoms with Crippen LogP contribution in [0.4, 0.5) is 0 Å². The molecule has 110 valence electrons. The number of carbonyl (C=O) groups is 2. The highest BCUT2D eigenvalue weighted by Crippen LogP contribution is 2.17. The summed E-state index contributed by atoms with van der Waals surface area (Å²) in [5.41, 5.74) is 0.966. The highest BCUT2D eigenvalue weighted by atomic mass is 16.4. The Morgan fingerprint density at radius 1 is 1.29 bits per heavy atom. The van der Waals surface area contributed by atoms with Crippen LogP contribution in [0.15, 0.2) is 36.5 Å². The zero-order valence-electron chi connectivity index (χ0n) is 12.0. The molecule has 2 N–H and O–H groups in total. The SMILES string of the molecule is CC[C@H](C)[C@@H](NC(=O)c1cccc2cccnc12)C(=O)O. The molecule has 0 spiro atoms. The van der Waals surface area contributed by atoms with Crippen molar-refractivity contribution in [3.8, 4) is 0 Å². The molecule has 2 aromatic rings. The molecule has 0 bridgehead atoms. The second-order valence-electron chi connectivity index (χ2n) is 5.06. The van der Waals surface area contributed by atoms with Gasteiger partial charge in [0.2, 0.25) is 0 Å². The van der Waals surface area contributed by atoms with Crippen LogP contribution in [0.1, 0.15) is 30.6 Å². The topological polar surface area (TPSA) is 79.3 Å². The second-order valence-corrected chi connectivity index (χ2v) is 5.06. The van der Waals surface area contributed by atoms with Gasteiger partial charge in [-0.25, -0.2) is 4.79 Å². The molecule has 0 fully saturated rings. The van der Waals surface area contributed by atoms with Crippen molar-refractivity contribution in [2.45, 2.75) is 26.3 Å². The maximum atomic E-state index is 12.4. The van der Waals surface area contributed by atoms with E-state index >= 15 is 0 Å². The van der Waals surface area contributed by atoms with E-state index in [2.05, 4.69) is 10.3 Å². The van der Waals surface area contributed by atoms with E-state index in [0.29, 0.717) is 17.5 Å². The molecule has 0 aliphatic heterocycles. The van der Waals surface area contributed by atoms with E-state index < -0.39 is 17.9 Å². The average molecular weight is 286 g/mol. The molecule has 0 saturated carbocycles. The summed E-state index contributed by atoms with van der Waals surface area (Å²) in [5, 5.41) is 12.7. The lowest BCUT2D eigenvalue weighted by Crippen LogP contribution is -2.45. The predicted molar refractivity (Wildman–Crippen MR) is 80.1 cm³/mol.